The van der Waals surface area contributed by atoms with E-state index in [4.69, 9.17) is 19.2 Å². The molecule has 0 aromatic rings. The Hall–Kier alpha value is -0.890. The van der Waals surface area contributed by atoms with E-state index in [0.29, 0.717) is 25.2 Å². The number of guanidine groups is 1. The summed E-state index contributed by atoms with van der Waals surface area (Å²) in [7, 11) is 1.69. The summed E-state index contributed by atoms with van der Waals surface area (Å²) in [6.07, 6.45) is 2.11. The van der Waals surface area contributed by atoms with Crippen LogP contribution in [0.25, 0.3) is 0 Å². The number of hydrogen-bond donors (Lipinski definition) is 2. The Labute approximate surface area is 159 Å². The molecule has 1 heterocycles. The van der Waals surface area contributed by atoms with E-state index < -0.39 is 0 Å². The van der Waals surface area contributed by atoms with Crippen molar-refractivity contribution in [3.63, 3.8) is 0 Å². The van der Waals surface area contributed by atoms with Crippen LogP contribution >= 0.6 is 0 Å². The molecule has 1 atom stereocenters. The smallest absolute Gasteiger partial charge is 0.191 e. The van der Waals surface area contributed by atoms with Gasteiger partial charge in [-0.15, -0.1) is 0 Å². The number of nitrogens with zero attached hydrogens (tertiary/aromatic N) is 2. The van der Waals surface area contributed by atoms with Crippen LogP contribution in [-0.2, 0) is 14.2 Å². The fourth-order valence-corrected chi connectivity index (χ4v) is 2.99. The van der Waals surface area contributed by atoms with Gasteiger partial charge in [-0.05, 0) is 25.7 Å². The molecule has 0 aliphatic carbocycles. The molecule has 0 spiro atoms. The normalized spacial score (nSPS) is 17.5. The highest BCUT2D eigenvalue weighted by Crippen LogP contribution is 2.14. The first-order chi connectivity index (χ1) is 12.7. The van der Waals surface area contributed by atoms with Gasteiger partial charge in [-0.1, -0.05) is 13.8 Å². The molecule has 26 heavy (non-hydrogen) atoms. The standard InChI is InChI=1S/C19H40N4O3/c1-5-20-19(21-7-6-10-25-14-13-24-4)22-16-18(15-17(2)3)23-8-11-26-12-9-23/h17-18H,5-16H2,1-4H3,(H2,20,21,22). The van der Waals surface area contributed by atoms with Gasteiger partial charge in [-0.3, -0.25) is 9.89 Å². The topological polar surface area (TPSA) is 67.4 Å². The molecule has 7 heteroatoms. The Bertz CT molecular complexity index is 361. The summed E-state index contributed by atoms with van der Waals surface area (Å²) >= 11 is 0. The lowest BCUT2D eigenvalue weighted by molar-refractivity contribution is 0.0143. The lowest BCUT2D eigenvalue weighted by Gasteiger charge is -2.34. The zero-order valence-electron chi connectivity index (χ0n) is 17.3. The van der Waals surface area contributed by atoms with Crippen LogP contribution in [0, 0.1) is 5.92 Å². The number of morpholine rings is 1. The Morgan fingerprint density at radius 2 is 1.92 bits per heavy atom. The van der Waals surface area contributed by atoms with Crippen molar-refractivity contribution in [3.8, 4) is 0 Å². The number of aliphatic imine (C=N–C) groups is 1. The van der Waals surface area contributed by atoms with Gasteiger partial charge in [-0.2, -0.15) is 0 Å². The van der Waals surface area contributed by atoms with Crippen LogP contribution in [0.3, 0.4) is 0 Å². The number of rotatable bonds is 13. The first kappa shape index (κ1) is 23.1. The fraction of sp³-hybridized carbons (Fsp3) is 0.947. The van der Waals surface area contributed by atoms with E-state index >= 15 is 0 Å². The maximum absolute atomic E-state index is 5.50. The second-order valence-electron chi connectivity index (χ2n) is 7.04. The van der Waals surface area contributed by atoms with Gasteiger partial charge in [0.15, 0.2) is 5.96 Å². The van der Waals surface area contributed by atoms with E-state index in [2.05, 4.69) is 36.3 Å². The molecule has 1 unspecified atom stereocenters. The average Bonchev–Trinajstić information content (AvgIpc) is 2.64. The summed E-state index contributed by atoms with van der Waals surface area (Å²) in [5.74, 6) is 1.56. The zero-order chi connectivity index (χ0) is 19.0. The number of methoxy groups -OCH3 is 1. The van der Waals surface area contributed by atoms with Gasteiger partial charge in [0.25, 0.3) is 0 Å². The predicted octanol–water partition coefficient (Wildman–Crippen LogP) is 1.34. The van der Waals surface area contributed by atoms with Crippen molar-refractivity contribution in [2.75, 3.05) is 72.9 Å². The van der Waals surface area contributed by atoms with Crippen molar-refractivity contribution in [3.05, 3.63) is 0 Å². The minimum atomic E-state index is 0.478. The second kappa shape index (κ2) is 15.2. The molecule has 0 bridgehead atoms. The number of hydrogen-bond acceptors (Lipinski definition) is 5. The van der Waals surface area contributed by atoms with Crippen molar-refractivity contribution >= 4 is 5.96 Å². The molecule has 1 fully saturated rings. The third-order valence-corrected chi connectivity index (χ3v) is 4.30. The van der Waals surface area contributed by atoms with Crippen molar-refractivity contribution < 1.29 is 14.2 Å². The van der Waals surface area contributed by atoms with Crippen LogP contribution in [0.4, 0.5) is 0 Å². The highest BCUT2D eigenvalue weighted by molar-refractivity contribution is 5.79. The third-order valence-electron chi connectivity index (χ3n) is 4.30. The van der Waals surface area contributed by atoms with Crippen molar-refractivity contribution in [2.45, 2.75) is 39.7 Å². The van der Waals surface area contributed by atoms with Gasteiger partial charge in [0.2, 0.25) is 0 Å². The summed E-state index contributed by atoms with van der Waals surface area (Å²) in [6.45, 7) is 14.9. The lowest BCUT2D eigenvalue weighted by Crippen LogP contribution is -2.46. The van der Waals surface area contributed by atoms with E-state index in [1.807, 2.05) is 0 Å². The molecule has 2 N–H and O–H groups in total. The predicted molar refractivity (Wildman–Crippen MR) is 107 cm³/mol. The van der Waals surface area contributed by atoms with Gasteiger partial charge < -0.3 is 24.8 Å². The van der Waals surface area contributed by atoms with Crippen LogP contribution in [0.2, 0.25) is 0 Å². The van der Waals surface area contributed by atoms with Crippen molar-refractivity contribution in [1.82, 2.24) is 15.5 Å². The molecule has 0 saturated carbocycles. The molecule has 0 radical (unpaired) electrons. The van der Waals surface area contributed by atoms with Crippen LogP contribution < -0.4 is 10.6 Å². The van der Waals surface area contributed by atoms with Crippen LogP contribution in [0.5, 0.6) is 0 Å². The first-order valence-electron chi connectivity index (χ1n) is 10.1. The van der Waals surface area contributed by atoms with Crippen LogP contribution in [0.1, 0.15) is 33.6 Å². The first-order valence-corrected chi connectivity index (χ1v) is 10.1. The number of nitrogens with one attached hydrogen (secondary N) is 2. The van der Waals surface area contributed by atoms with E-state index in [-0.39, 0.29) is 0 Å². The van der Waals surface area contributed by atoms with Gasteiger partial charge in [0, 0.05) is 45.9 Å². The average molecular weight is 373 g/mol. The van der Waals surface area contributed by atoms with E-state index in [9.17, 15) is 0 Å². The van der Waals surface area contributed by atoms with Crippen molar-refractivity contribution in [1.29, 1.82) is 0 Å². The molecule has 1 aliphatic heterocycles. The quantitative estimate of drug-likeness (QED) is 0.289. The summed E-state index contributed by atoms with van der Waals surface area (Å²) < 4.78 is 16.0. The molecule has 0 aromatic heterocycles. The summed E-state index contributed by atoms with van der Waals surface area (Å²) in [6, 6.07) is 0.478. The SMILES string of the molecule is CCNC(=NCC(CC(C)C)N1CCOCC1)NCCCOCCOC. The summed E-state index contributed by atoms with van der Waals surface area (Å²) in [5.41, 5.74) is 0. The van der Waals surface area contributed by atoms with Gasteiger partial charge >= 0.3 is 0 Å². The maximum Gasteiger partial charge on any atom is 0.191 e. The van der Waals surface area contributed by atoms with E-state index in [1.165, 1.54) is 0 Å². The lowest BCUT2D eigenvalue weighted by atomic mass is 10.0. The van der Waals surface area contributed by atoms with E-state index in [1.54, 1.807) is 7.11 Å². The third kappa shape index (κ3) is 11.0. The molecular formula is C19H40N4O3. The number of ether oxygens (including phenoxy) is 3. The molecule has 0 aromatic carbocycles. The summed E-state index contributed by atoms with van der Waals surface area (Å²) in [5, 5.41) is 6.75. The minimum Gasteiger partial charge on any atom is -0.382 e. The van der Waals surface area contributed by atoms with Crippen molar-refractivity contribution in [2.24, 2.45) is 10.9 Å². The molecule has 154 valence electrons. The largest absolute Gasteiger partial charge is 0.382 e. The monoisotopic (exact) mass is 372 g/mol. The van der Waals surface area contributed by atoms with Crippen LogP contribution in [-0.4, -0.2) is 89.8 Å². The van der Waals surface area contributed by atoms with E-state index in [0.717, 1.165) is 71.3 Å². The Morgan fingerprint density at radius 1 is 1.15 bits per heavy atom. The molecule has 7 nitrogen and oxygen atoms in total. The Balaban J connectivity index is 2.41. The Kier molecular flexibility index (Phi) is 13.5. The molecule has 0 amide bonds. The zero-order valence-corrected chi connectivity index (χ0v) is 17.3. The molecular weight excluding hydrogens is 332 g/mol. The molecule has 1 rings (SSSR count). The second-order valence-corrected chi connectivity index (χ2v) is 7.04. The molecule has 1 saturated heterocycles. The maximum atomic E-state index is 5.50. The van der Waals surface area contributed by atoms with Gasteiger partial charge in [0.1, 0.15) is 0 Å². The van der Waals surface area contributed by atoms with Gasteiger partial charge in [0.05, 0.1) is 33.0 Å². The highest BCUT2D eigenvalue weighted by Gasteiger charge is 2.21. The fourth-order valence-electron chi connectivity index (χ4n) is 2.99. The minimum absolute atomic E-state index is 0.478. The summed E-state index contributed by atoms with van der Waals surface area (Å²) in [4.78, 5) is 7.37. The van der Waals surface area contributed by atoms with Gasteiger partial charge in [-0.25, -0.2) is 0 Å². The highest BCUT2D eigenvalue weighted by atomic mass is 16.5. The molecule has 1 aliphatic rings. The van der Waals surface area contributed by atoms with Crippen LogP contribution in [0.15, 0.2) is 4.99 Å². The Morgan fingerprint density at radius 3 is 2.58 bits per heavy atom.